The highest BCUT2D eigenvalue weighted by atomic mass is 16.6. The average Bonchev–Trinajstić information content (AvgIpc) is 2.83. The number of aliphatic carboxylic acids is 1. The molecule has 1 heterocycles. The number of nitro groups is 1. The van der Waals surface area contributed by atoms with Gasteiger partial charge >= 0.3 is 11.9 Å². The van der Waals surface area contributed by atoms with Gasteiger partial charge in [0.1, 0.15) is 4.92 Å². The van der Waals surface area contributed by atoms with Crippen LogP contribution in [0.25, 0.3) is 0 Å². The third-order valence-electron chi connectivity index (χ3n) is 2.59. The Kier molecular flexibility index (Phi) is 5.04. The molecule has 0 radical (unpaired) electrons. The van der Waals surface area contributed by atoms with Crippen molar-refractivity contribution in [3.05, 3.63) is 28.0 Å². The molecule has 2 N–H and O–H groups in total. The highest BCUT2D eigenvalue weighted by Crippen LogP contribution is 2.15. The molecule has 0 saturated heterocycles. The van der Waals surface area contributed by atoms with E-state index in [1.165, 1.54) is 6.07 Å². The van der Waals surface area contributed by atoms with Gasteiger partial charge in [-0.3, -0.25) is 19.7 Å². The van der Waals surface area contributed by atoms with Crippen LogP contribution in [0.3, 0.4) is 0 Å². The molecule has 1 rings (SSSR count). The molecule has 1 amide bonds. The minimum atomic E-state index is -0.935. The van der Waals surface area contributed by atoms with E-state index in [-0.39, 0.29) is 24.6 Å². The van der Waals surface area contributed by atoms with E-state index in [0.717, 1.165) is 6.07 Å². The fraction of sp³-hybridized carbons (Fsp3) is 0.455. The molecule has 104 valence electrons. The smallest absolute Gasteiger partial charge is 0.433 e. The first kappa shape index (κ1) is 14.7. The van der Waals surface area contributed by atoms with Crippen molar-refractivity contribution in [1.29, 1.82) is 0 Å². The molecule has 0 aliphatic rings. The van der Waals surface area contributed by atoms with Gasteiger partial charge in [-0.2, -0.15) is 0 Å². The van der Waals surface area contributed by atoms with Gasteiger partial charge < -0.3 is 14.8 Å². The number of nitrogens with zero attached hydrogens (tertiary/aromatic N) is 1. The molecule has 8 heteroatoms. The Morgan fingerprint density at radius 1 is 1.53 bits per heavy atom. The Morgan fingerprint density at radius 2 is 2.21 bits per heavy atom. The predicted molar refractivity (Wildman–Crippen MR) is 63.7 cm³/mol. The zero-order valence-electron chi connectivity index (χ0n) is 10.3. The number of furan rings is 1. The van der Waals surface area contributed by atoms with Crippen LogP contribution in [-0.4, -0.2) is 28.5 Å². The molecule has 1 unspecified atom stereocenters. The highest BCUT2D eigenvalue weighted by molar-refractivity contribution is 5.91. The van der Waals surface area contributed by atoms with Crippen molar-refractivity contribution in [1.82, 2.24) is 5.32 Å². The summed E-state index contributed by atoms with van der Waals surface area (Å²) >= 11 is 0. The quantitative estimate of drug-likeness (QED) is 0.570. The van der Waals surface area contributed by atoms with Crippen molar-refractivity contribution < 1.29 is 24.0 Å². The van der Waals surface area contributed by atoms with Gasteiger partial charge in [0.15, 0.2) is 5.76 Å². The number of carboxylic acid groups (broad SMARTS) is 1. The Bertz CT molecular complexity index is 481. The number of nitrogens with one attached hydrogen (secondary N) is 1. The normalized spacial score (nSPS) is 11.8. The number of carboxylic acids is 1. The molecule has 1 atom stereocenters. The number of carbonyl (C=O) groups excluding carboxylic acids is 1. The molecule has 0 aromatic carbocycles. The standard InChI is InChI=1S/C11H14N2O6/c1-2-7(5-10(14)15)6-12-11(16)8-3-4-9(19-8)13(17)18/h3-4,7H,2,5-6H2,1H3,(H,12,16)(H,14,15). The third kappa shape index (κ3) is 4.41. The van der Waals surface area contributed by atoms with E-state index in [4.69, 9.17) is 9.52 Å². The maximum atomic E-state index is 11.6. The molecule has 0 fully saturated rings. The van der Waals surface area contributed by atoms with E-state index in [2.05, 4.69) is 5.32 Å². The molecule has 8 nitrogen and oxygen atoms in total. The zero-order valence-corrected chi connectivity index (χ0v) is 10.3. The van der Waals surface area contributed by atoms with Crippen LogP contribution in [0, 0.1) is 16.0 Å². The van der Waals surface area contributed by atoms with Crippen LogP contribution in [-0.2, 0) is 4.79 Å². The number of rotatable bonds is 7. The zero-order chi connectivity index (χ0) is 14.4. The van der Waals surface area contributed by atoms with Crippen LogP contribution >= 0.6 is 0 Å². The molecule has 19 heavy (non-hydrogen) atoms. The van der Waals surface area contributed by atoms with Crippen LogP contribution < -0.4 is 5.32 Å². The maximum absolute atomic E-state index is 11.6. The summed E-state index contributed by atoms with van der Waals surface area (Å²) in [5.41, 5.74) is 0. The van der Waals surface area contributed by atoms with Crippen LogP contribution in [0.2, 0.25) is 0 Å². The molecule has 0 saturated carbocycles. The van der Waals surface area contributed by atoms with E-state index < -0.39 is 22.7 Å². The number of amides is 1. The van der Waals surface area contributed by atoms with Crippen molar-refractivity contribution >= 4 is 17.8 Å². The second-order valence-electron chi connectivity index (χ2n) is 3.98. The topological polar surface area (TPSA) is 123 Å². The maximum Gasteiger partial charge on any atom is 0.433 e. The van der Waals surface area contributed by atoms with Gasteiger partial charge in [-0.05, 0) is 12.0 Å². The fourth-order valence-electron chi connectivity index (χ4n) is 1.48. The molecule has 1 aromatic rings. The number of hydrogen-bond donors (Lipinski definition) is 2. The first-order valence-corrected chi connectivity index (χ1v) is 5.68. The van der Waals surface area contributed by atoms with Gasteiger partial charge in [0.2, 0.25) is 0 Å². The monoisotopic (exact) mass is 270 g/mol. The first-order chi connectivity index (χ1) is 8.93. The lowest BCUT2D eigenvalue weighted by Crippen LogP contribution is -2.29. The summed E-state index contributed by atoms with van der Waals surface area (Å²) in [6.45, 7) is 1.99. The molecule has 0 aliphatic heterocycles. The van der Waals surface area contributed by atoms with Crippen LogP contribution in [0.4, 0.5) is 5.88 Å². The predicted octanol–water partition coefficient (Wildman–Crippen LogP) is 1.42. The number of hydrogen-bond acceptors (Lipinski definition) is 5. The minimum absolute atomic E-state index is 0.0465. The van der Waals surface area contributed by atoms with E-state index in [0.29, 0.717) is 6.42 Å². The molecule has 1 aromatic heterocycles. The first-order valence-electron chi connectivity index (χ1n) is 5.68. The van der Waals surface area contributed by atoms with E-state index in [1.54, 1.807) is 0 Å². The minimum Gasteiger partial charge on any atom is -0.481 e. The lowest BCUT2D eigenvalue weighted by Gasteiger charge is -2.12. The average molecular weight is 270 g/mol. The van der Waals surface area contributed by atoms with Crippen LogP contribution in [0.15, 0.2) is 16.5 Å². The van der Waals surface area contributed by atoms with Gasteiger partial charge in [-0.15, -0.1) is 0 Å². The van der Waals surface area contributed by atoms with Crippen molar-refractivity contribution in [2.45, 2.75) is 19.8 Å². The fourth-order valence-corrected chi connectivity index (χ4v) is 1.48. The van der Waals surface area contributed by atoms with Crippen molar-refractivity contribution in [2.75, 3.05) is 6.54 Å². The Labute approximate surface area is 108 Å². The van der Waals surface area contributed by atoms with Crippen molar-refractivity contribution in [3.63, 3.8) is 0 Å². The summed E-state index contributed by atoms with van der Waals surface area (Å²) in [5, 5.41) is 21.5. The molecular formula is C11H14N2O6. The van der Waals surface area contributed by atoms with Gasteiger partial charge in [-0.25, -0.2) is 0 Å². The summed E-state index contributed by atoms with van der Waals surface area (Å²) < 4.78 is 4.73. The molecule has 0 bridgehead atoms. The summed E-state index contributed by atoms with van der Waals surface area (Å²) in [6, 6.07) is 2.29. The SMILES string of the molecule is CCC(CNC(=O)c1ccc([N+](=O)[O-])o1)CC(=O)O. The Hall–Kier alpha value is -2.38. The van der Waals surface area contributed by atoms with E-state index >= 15 is 0 Å². The van der Waals surface area contributed by atoms with Crippen molar-refractivity contribution in [3.8, 4) is 0 Å². The third-order valence-corrected chi connectivity index (χ3v) is 2.59. The summed E-state index contributed by atoms with van der Waals surface area (Å²) in [6.07, 6.45) is 0.556. The summed E-state index contributed by atoms with van der Waals surface area (Å²) in [4.78, 5) is 31.8. The van der Waals surface area contributed by atoms with Crippen LogP contribution in [0.5, 0.6) is 0 Å². The van der Waals surface area contributed by atoms with E-state index in [9.17, 15) is 19.7 Å². The van der Waals surface area contributed by atoms with Gasteiger partial charge in [0, 0.05) is 13.0 Å². The van der Waals surface area contributed by atoms with Gasteiger partial charge in [0.25, 0.3) is 5.91 Å². The molecule has 0 spiro atoms. The summed E-state index contributed by atoms with van der Waals surface area (Å²) in [7, 11) is 0. The largest absolute Gasteiger partial charge is 0.481 e. The second-order valence-corrected chi connectivity index (χ2v) is 3.98. The van der Waals surface area contributed by atoms with Crippen molar-refractivity contribution in [2.24, 2.45) is 5.92 Å². The Morgan fingerprint density at radius 3 is 2.68 bits per heavy atom. The second kappa shape index (κ2) is 6.53. The van der Waals surface area contributed by atoms with Gasteiger partial charge in [0.05, 0.1) is 6.07 Å². The summed E-state index contributed by atoms with van der Waals surface area (Å²) in [5.74, 6) is -2.40. The highest BCUT2D eigenvalue weighted by Gasteiger charge is 2.18. The molecule has 0 aliphatic carbocycles. The van der Waals surface area contributed by atoms with Gasteiger partial charge in [-0.1, -0.05) is 13.3 Å². The van der Waals surface area contributed by atoms with Crippen LogP contribution in [0.1, 0.15) is 30.3 Å². The Balaban J connectivity index is 2.54. The lowest BCUT2D eigenvalue weighted by atomic mass is 10.0. The molecular weight excluding hydrogens is 256 g/mol. The lowest BCUT2D eigenvalue weighted by molar-refractivity contribution is -0.402. The number of carbonyl (C=O) groups is 2. The van der Waals surface area contributed by atoms with E-state index in [1.807, 2.05) is 6.92 Å².